The molecule has 3 saturated heterocycles. The first-order valence-corrected chi connectivity index (χ1v) is 9.55. The van der Waals surface area contributed by atoms with Crippen molar-refractivity contribution in [2.24, 2.45) is 13.0 Å². The smallest absolute Gasteiger partial charge is 0.480 e. The zero-order valence-corrected chi connectivity index (χ0v) is 15.5. The first-order valence-electron chi connectivity index (χ1n) is 7.68. The van der Waals surface area contributed by atoms with Gasteiger partial charge in [0.1, 0.15) is 17.3 Å². The Kier molecular flexibility index (Phi) is 3.84. The van der Waals surface area contributed by atoms with Crippen LogP contribution in [0.15, 0.2) is 5.16 Å². The van der Waals surface area contributed by atoms with E-state index in [4.69, 9.17) is 9.47 Å². The van der Waals surface area contributed by atoms with Crippen LogP contribution in [0.3, 0.4) is 0 Å². The molecule has 0 aromatic carbocycles. The molecule has 140 valence electrons. The van der Waals surface area contributed by atoms with Crippen molar-refractivity contribution in [1.29, 1.82) is 0 Å². The monoisotopic (exact) mass is 401 g/mol. The lowest BCUT2D eigenvalue weighted by molar-refractivity contribution is -0.162. The first-order chi connectivity index (χ1) is 12.3. The lowest BCUT2D eigenvalue weighted by atomic mass is 9.82. The minimum Gasteiger partial charge on any atom is -0.480 e. The molecule has 0 saturated carbocycles. The van der Waals surface area contributed by atoms with Crippen molar-refractivity contribution in [2.75, 3.05) is 18.9 Å². The van der Waals surface area contributed by atoms with Crippen molar-refractivity contribution in [1.82, 2.24) is 25.1 Å². The zero-order chi connectivity index (χ0) is 18.7. The number of fused-ring (bicyclic) bond motifs is 1. The maximum atomic E-state index is 12.6. The summed E-state index contributed by atoms with van der Waals surface area (Å²) in [6, 6.07) is 0. The van der Waals surface area contributed by atoms with Gasteiger partial charge in [-0.15, -0.1) is 16.9 Å². The van der Waals surface area contributed by atoms with Gasteiger partial charge in [-0.1, -0.05) is 11.8 Å². The number of rotatable bonds is 5. The van der Waals surface area contributed by atoms with Crippen molar-refractivity contribution in [3.05, 3.63) is 0 Å². The Labute approximate surface area is 155 Å². The summed E-state index contributed by atoms with van der Waals surface area (Å²) in [6.45, 7) is 1.70. The van der Waals surface area contributed by atoms with Gasteiger partial charge < -0.3 is 19.5 Å². The van der Waals surface area contributed by atoms with Crippen LogP contribution in [0.4, 0.5) is 4.79 Å². The van der Waals surface area contributed by atoms with E-state index in [-0.39, 0.29) is 30.2 Å². The number of thioether (sulfide) groups is 2. The number of carboxylic acids is 1. The summed E-state index contributed by atoms with van der Waals surface area (Å²) in [4.78, 5) is 37.4. The molecule has 3 aliphatic rings. The Morgan fingerprint density at radius 3 is 2.85 bits per heavy atom. The fraction of sp³-hybridized carbons (Fsp3) is 0.692. The minimum atomic E-state index is -1.19. The SMILES string of the molecule is Cn1nnnc1SCC1(C(=O)O)CN2C(=O)C(C3(C)COC(=O)O3)[C@H]2S1. The number of aliphatic carboxylic acids is 1. The van der Waals surface area contributed by atoms with Crippen molar-refractivity contribution in [3.63, 3.8) is 0 Å². The Morgan fingerprint density at radius 2 is 2.27 bits per heavy atom. The summed E-state index contributed by atoms with van der Waals surface area (Å²) >= 11 is 2.42. The normalized spacial score (nSPS) is 35.7. The van der Waals surface area contributed by atoms with E-state index < -0.39 is 28.4 Å². The van der Waals surface area contributed by atoms with E-state index in [0.29, 0.717) is 5.16 Å². The molecule has 11 nitrogen and oxygen atoms in total. The van der Waals surface area contributed by atoms with Crippen molar-refractivity contribution in [3.8, 4) is 0 Å². The van der Waals surface area contributed by atoms with Gasteiger partial charge in [0.15, 0.2) is 5.60 Å². The standard InChI is InChI=1S/C13H15N5O6S2/c1-12(4-23-11(22)24-12)6-7(19)18-3-13(9(20)21,26-8(6)18)5-25-10-14-15-16-17(10)2/h6,8H,3-5H2,1-2H3,(H,20,21)/t6?,8-,12?,13?/m1/s1. The van der Waals surface area contributed by atoms with Gasteiger partial charge in [-0.3, -0.25) is 9.59 Å². The molecule has 26 heavy (non-hydrogen) atoms. The molecule has 0 bridgehead atoms. The third kappa shape index (κ3) is 2.44. The lowest BCUT2D eigenvalue weighted by Gasteiger charge is -2.46. The van der Waals surface area contributed by atoms with Gasteiger partial charge in [0.25, 0.3) is 0 Å². The van der Waals surface area contributed by atoms with E-state index in [1.54, 1.807) is 14.0 Å². The number of cyclic esters (lactones) is 2. The van der Waals surface area contributed by atoms with E-state index >= 15 is 0 Å². The molecule has 4 heterocycles. The predicted octanol–water partition coefficient (Wildman–Crippen LogP) is -0.418. The van der Waals surface area contributed by atoms with E-state index in [9.17, 15) is 19.5 Å². The molecule has 3 fully saturated rings. The molecular weight excluding hydrogens is 386 g/mol. The second-order valence-corrected chi connectivity index (χ2v) is 9.02. The molecular formula is C13H15N5O6S2. The number of carbonyl (C=O) groups is 3. The zero-order valence-electron chi connectivity index (χ0n) is 13.8. The third-order valence-corrected chi connectivity index (χ3v) is 7.86. The number of carboxylic acid groups (broad SMARTS) is 1. The Hall–Kier alpha value is -2.02. The highest BCUT2D eigenvalue weighted by atomic mass is 32.2. The number of aryl methyl sites for hydroxylation is 1. The highest BCUT2D eigenvalue weighted by molar-refractivity contribution is 8.05. The van der Waals surface area contributed by atoms with Gasteiger partial charge in [0.05, 0.1) is 5.37 Å². The number of hydrogen-bond donors (Lipinski definition) is 1. The molecule has 1 N–H and O–H groups in total. The maximum absolute atomic E-state index is 12.6. The fourth-order valence-corrected chi connectivity index (χ4v) is 6.28. The van der Waals surface area contributed by atoms with Crippen LogP contribution in [0.25, 0.3) is 0 Å². The average molecular weight is 401 g/mol. The summed E-state index contributed by atoms with van der Waals surface area (Å²) in [6.07, 6.45) is -0.809. The number of aromatic nitrogens is 4. The van der Waals surface area contributed by atoms with Crippen molar-refractivity contribution in [2.45, 2.75) is 27.8 Å². The maximum Gasteiger partial charge on any atom is 0.509 e. The van der Waals surface area contributed by atoms with E-state index in [1.807, 2.05) is 0 Å². The number of ether oxygens (including phenoxy) is 2. The molecule has 0 aliphatic carbocycles. The summed E-state index contributed by atoms with van der Waals surface area (Å²) in [5.41, 5.74) is -1.07. The van der Waals surface area contributed by atoms with E-state index in [1.165, 1.54) is 33.1 Å². The largest absolute Gasteiger partial charge is 0.509 e. The van der Waals surface area contributed by atoms with Gasteiger partial charge in [0, 0.05) is 19.3 Å². The molecule has 1 aromatic heterocycles. The number of tetrazole rings is 1. The summed E-state index contributed by atoms with van der Waals surface area (Å²) < 4.78 is 10.3. The first kappa shape index (κ1) is 17.4. The van der Waals surface area contributed by atoms with Crippen LogP contribution >= 0.6 is 23.5 Å². The third-order valence-electron chi connectivity index (χ3n) is 4.77. The molecule has 1 aromatic rings. The lowest BCUT2D eigenvalue weighted by Crippen LogP contribution is -2.65. The predicted molar refractivity (Wildman–Crippen MR) is 87.3 cm³/mol. The summed E-state index contributed by atoms with van der Waals surface area (Å²) in [7, 11) is 1.67. The van der Waals surface area contributed by atoms with Crippen molar-refractivity contribution >= 4 is 41.6 Å². The Bertz CT molecular complexity index is 804. The van der Waals surface area contributed by atoms with E-state index in [0.717, 1.165) is 0 Å². The Balaban J connectivity index is 1.53. The summed E-state index contributed by atoms with van der Waals surface area (Å²) in [5.74, 6) is -1.66. The minimum absolute atomic E-state index is 0.0213. The van der Waals surface area contributed by atoms with Crippen LogP contribution in [0.1, 0.15) is 6.92 Å². The van der Waals surface area contributed by atoms with Gasteiger partial charge in [-0.2, -0.15) is 0 Å². The van der Waals surface area contributed by atoms with Gasteiger partial charge >= 0.3 is 12.1 Å². The molecule has 4 atom stereocenters. The number of amides is 1. The number of nitrogens with zero attached hydrogens (tertiary/aromatic N) is 5. The van der Waals surface area contributed by atoms with Crippen LogP contribution in [0, 0.1) is 5.92 Å². The second kappa shape index (κ2) is 5.74. The molecule has 13 heteroatoms. The topological polar surface area (TPSA) is 137 Å². The van der Waals surface area contributed by atoms with Crippen LogP contribution < -0.4 is 0 Å². The number of hydrogen-bond acceptors (Lipinski definition) is 10. The van der Waals surface area contributed by atoms with Crippen LogP contribution in [-0.4, -0.2) is 82.9 Å². The molecule has 0 radical (unpaired) electrons. The van der Waals surface area contributed by atoms with E-state index in [2.05, 4.69) is 15.5 Å². The van der Waals surface area contributed by atoms with Crippen LogP contribution in [0.2, 0.25) is 0 Å². The Morgan fingerprint density at radius 1 is 1.50 bits per heavy atom. The number of β-lactam (4-membered cyclic amide) rings is 1. The van der Waals surface area contributed by atoms with Crippen LogP contribution in [0.5, 0.6) is 0 Å². The molecule has 0 spiro atoms. The van der Waals surface area contributed by atoms with Gasteiger partial charge in [-0.05, 0) is 17.4 Å². The average Bonchev–Trinajstić information content (AvgIpc) is 3.23. The molecule has 4 rings (SSSR count). The molecule has 3 unspecified atom stereocenters. The van der Waals surface area contributed by atoms with Crippen molar-refractivity contribution < 1.29 is 29.0 Å². The van der Waals surface area contributed by atoms with Gasteiger partial charge in [-0.25, -0.2) is 9.48 Å². The summed E-state index contributed by atoms with van der Waals surface area (Å²) in [5, 5.41) is 21.0. The number of carbonyl (C=O) groups excluding carboxylic acids is 2. The molecule has 3 aliphatic heterocycles. The second-order valence-electron chi connectivity index (χ2n) is 6.58. The highest BCUT2D eigenvalue weighted by Crippen LogP contribution is 2.55. The fourth-order valence-electron chi connectivity index (χ4n) is 3.32. The van der Waals surface area contributed by atoms with Gasteiger partial charge in [0.2, 0.25) is 11.1 Å². The quantitative estimate of drug-likeness (QED) is 0.391. The molecule has 1 amide bonds. The van der Waals surface area contributed by atoms with Crippen LogP contribution in [-0.2, 0) is 26.1 Å². The highest BCUT2D eigenvalue weighted by Gasteiger charge is 2.68.